The molecule has 0 aromatic heterocycles. The average molecular weight is 452 g/mol. The third kappa shape index (κ3) is 5.60. The van der Waals surface area contributed by atoms with E-state index < -0.39 is 5.60 Å². The van der Waals surface area contributed by atoms with Gasteiger partial charge in [-0.2, -0.15) is 0 Å². The molecular formula is C28H31F2NO2. The Morgan fingerprint density at radius 2 is 1.48 bits per heavy atom. The molecule has 1 fully saturated rings. The standard InChI is InChI=1S/C28H31F2NO2/c1-21-4-2-5-27(20-21)33-19-3-16-31-17-14-24(15-18-31)28(32,22-6-10-25(29)11-7-22)23-8-12-26(30)13-9-23/h2,4-13,20,24,32H,3,14-19H2,1H3. The fourth-order valence-corrected chi connectivity index (χ4v) is 4.80. The zero-order chi connectivity index (χ0) is 23.3. The number of likely N-dealkylation sites (tertiary alicyclic amines) is 1. The predicted molar refractivity (Wildman–Crippen MR) is 126 cm³/mol. The Balaban J connectivity index is 1.38. The highest BCUT2D eigenvalue weighted by Crippen LogP contribution is 2.42. The number of halogens is 2. The minimum absolute atomic E-state index is 0.0479. The van der Waals surface area contributed by atoms with Crippen LogP contribution in [0.1, 0.15) is 36.0 Å². The molecule has 3 nitrogen and oxygen atoms in total. The van der Waals surface area contributed by atoms with Crippen molar-refractivity contribution in [3.63, 3.8) is 0 Å². The first-order valence-electron chi connectivity index (χ1n) is 11.6. The van der Waals surface area contributed by atoms with E-state index in [4.69, 9.17) is 4.74 Å². The molecule has 0 spiro atoms. The van der Waals surface area contributed by atoms with Gasteiger partial charge >= 0.3 is 0 Å². The minimum Gasteiger partial charge on any atom is -0.494 e. The third-order valence-electron chi connectivity index (χ3n) is 6.62. The molecule has 0 saturated carbocycles. The van der Waals surface area contributed by atoms with Crippen molar-refractivity contribution in [1.29, 1.82) is 0 Å². The molecule has 5 heteroatoms. The van der Waals surface area contributed by atoms with Gasteiger partial charge in [0.1, 0.15) is 23.0 Å². The van der Waals surface area contributed by atoms with Gasteiger partial charge in [-0.1, -0.05) is 36.4 Å². The monoisotopic (exact) mass is 451 g/mol. The summed E-state index contributed by atoms with van der Waals surface area (Å²) in [6.45, 7) is 5.37. The van der Waals surface area contributed by atoms with Crippen LogP contribution in [0, 0.1) is 24.5 Å². The lowest BCUT2D eigenvalue weighted by Gasteiger charge is -2.42. The predicted octanol–water partition coefficient (Wildman–Crippen LogP) is 5.69. The molecule has 0 aliphatic carbocycles. The van der Waals surface area contributed by atoms with Crippen LogP contribution in [-0.2, 0) is 5.60 Å². The fourth-order valence-electron chi connectivity index (χ4n) is 4.80. The molecular weight excluding hydrogens is 420 g/mol. The van der Waals surface area contributed by atoms with Gasteiger partial charge in [0.2, 0.25) is 0 Å². The van der Waals surface area contributed by atoms with Crippen LogP contribution in [0.25, 0.3) is 0 Å². The van der Waals surface area contributed by atoms with Crippen molar-refractivity contribution >= 4 is 0 Å². The molecule has 0 unspecified atom stereocenters. The Morgan fingerprint density at radius 3 is 2.03 bits per heavy atom. The van der Waals surface area contributed by atoms with E-state index in [1.54, 1.807) is 24.3 Å². The van der Waals surface area contributed by atoms with Crippen LogP contribution in [0.15, 0.2) is 72.8 Å². The normalized spacial score (nSPS) is 15.5. The van der Waals surface area contributed by atoms with Crippen LogP contribution in [-0.4, -0.2) is 36.2 Å². The second-order valence-corrected chi connectivity index (χ2v) is 8.91. The highest BCUT2D eigenvalue weighted by atomic mass is 19.1. The molecule has 0 amide bonds. The van der Waals surface area contributed by atoms with E-state index in [9.17, 15) is 13.9 Å². The molecule has 0 atom stereocenters. The van der Waals surface area contributed by atoms with Crippen LogP contribution in [0.5, 0.6) is 5.75 Å². The third-order valence-corrected chi connectivity index (χ3v) is 6.62. The van der Waals surface area contributed by atoms with Crippen molar-refractivity contribution < 1.29 is 18.6 Å². The molecule has 1 aliphatic heterocycles. The Morgan fingerprint density at radius 1 is 0.909 bits per heavy atom. The molecule has 0 radical (unpaired) electrons. The van der Waals surface area contributed by atoms with E-state index in [1.807, 2.05) is 18.2 Å². The summed E-state index contributed by atoms with van der Waals surface area (Å²) < 4.78 is 33.0. The fraction of sp³-hybridized carbons (Fsp3) is 0.357. The first-order chi connectivity index (χ1) is 15.9. The lowest BCUT2D eigenvalue weighted by Crippen LogP contribution is -2.44. The van der Waals surface area contributed by atoms with E-state index in [0.29, 0.717) is 17.7 Å². The first kappa shape index (κ1) is 23.4. The van der Waals surface area contributed by atoms with Crippen molar-refractivity contribution in [2.45, 2.75) is 31.8 Å². The van der Waals surface area contributed by atoms with E-state index in [2.05, 4.69) is 17.9 Å². The number of benzene rings is 3. The Bertz CT molecular complexity index is 983. The molecule has 174 valence electrons. The molecule has 1 aliphatic rings. The number of rotatable bonds is 8. The summed E-state index contributed by atoms with van der Waals surface area (Å²) in [7, 11) is 0. The van der Waals surface area contributed by atoms with Gasteiger partial charge < -0.3 is 14.7 Å². The summed E-state index contributed by atoms with van der Waals surface area (Å²) in [5.74, 6) is 0.163. The topological polar surface area (TPSA) is 32.7 Å². The van der Waals surface area contributed by atoms with Crippen molar-refractivity contribution in [3.8, 4) is 5.75 Å². The van der Waals surface area contributed by atoms with Gasteiger partial charge in [0.15, 0.2) is 0 Å². The van der Waals surface area contributed by atoms with Gasteiger partial charge in [-0.15, -0.1) is 0 Å². The van der Waals surface area contributed by atoms with Gasteiger partial charge in [0, 0.05) is 6.54 Å². The highest BCUT2D eigenvalue weighted by Gasteiger charge is 2.41. The molecule has 33 heavy (non-hydrogen) atoms. The first-order valence-corrected chi connectivity index (χ1v) is 11.6. The van der Waals surface area contributed by atoms with Gasteiger partial charge in [-0.05, 0) is 98.3 Å². The summed E-state index contributed by atoms with van der Waals surface area (Å²) in [5.41, 5.74) is 1.17. The largest absolute Gasteiger partial charge is 0.494 e. The Kier molecular flexibility index (Phi) is 7.41. The second kappa shape index (κ2) is 10.4. The van der Waals surface area contributed by atoms with Gasteiger partial charge in [0.25, 0.3) is 0 Å². The van der Waals surface area contributed by atoms with Gasteiger partial charge in [-0.3, -0.25) is 0 Å². The van der Waals surface area contributed by atoms with E-state index in [-0.39, 0.29) is 17.6 Å². The summed E-state index contributed by atoms with van der Waals surface area (Å²) in [6.07, 6.45) is 2.52. The zero-order valence-corrected chi connectivity index (χ0v) is 19.0. The SMILES string of the molecule is Cc1cccc(OCCCN2CCC(C(O)(c3ccc(F)cc3)c3ccc(F)cc3)CC2)c1. The zero-order valence-electron chi connectivity index (χ0n) is 19.0. The highest BCUT2D eigenvalue weighted by molar-refractivity contribution is 5.37. The van der Waals surface area contributed by atoms with Crippen molar-refractivity contribution in [2.24, 2.45) is 5.92 Å². The molecule has 1 heterocycles. The number of nitrogens with zero attached hydrogens (tertiary/aromatic N) is 1. The van der Waals surface area contributed by atoms with Crippen LogP contribution in [0.4, 0.5) is 8.78 Å². The minimum atomic E-state index is -1.29. The molecule has 1 saturated heterocycles. The quantitative estimate of drug-likeness (QED) is 0.447. The van der Waals surface area contributed by atoms with Crippen molar-refractivity contribution in [2.75, 3.05) is 26.2 Å². The van der Waals surface area contributed by atoms with Gasteiger partial charge in [0.05, 0.1) is 6.61 Å². The average Bonchev–Trinajstić information content (AvgIpc) is 2.83. The number of hydrogen-bond acceptors (Lipinski definition) is 3. The molecule has 4 rings (SSSR count). The maximum atomic E-state index is 13.6. The maximum absolute atomic E-state index is 13.6. The molecule has 3 aromatic rings. The summed E-state index contributed by atoms with van der Waals surface area (Å²) in [5, 5.41) is 11.9. The van der Waals surface area contributed by atoms with E-state index in [0.717, 1.165) is 44.6 Å². The van der Waals surface area contributed by atoms with Crippen LogP contribution in [0.2, 0.25) is 0 Å². The summed E-state index contributed by atoms with van der Waals surface area (Å²) in [4.78, 5) is 2.39. The van der Waals surface area contributed by atoms with Gasteiger partial charge in [-0.25, -0.2) is 8.78 Å². The second-order valence-electron chi connectivity index (χ2n) is 8.91. The smallest absolute Gasteiger partial charge is 0.123 e. The van der Waals surface area contributed by atoms with Crippen molar-refractivity contribution in [3.05, 3.63) is 101 Å². The van der Waals surface area contributed by atoms with Crippen LogP contribution >= 0.6 is 0 Å². The van der Waals surface area contributed by atoms with Crippen LogP contribution < -0.4 is 4.74 Å². The van der Waals surface area contributed by atoms with E-state index >= 15 is 0 Å². The lowest BCUT2D eigenvalue weighted by atomic mass is 9.72. The molecule has 3 aromatic carbocycles. The number of hydrogen-bond donors (Lipinski definition) is 1. The molecule has 0 bridgehead atoms. The van der Waals surface area contributed by atoms with Crippen LogP contribution in [0.3, 0.4) is 0 Å². The van der Waals surface area contributed by atoms with Crippen molar-refractivity contribution in [1.82, 2.24) is 4.90 Å². The summed E-state index contributed by atoms with van der Waals surface area (Å²) >= 11 is 0. The summed E-state index contributed by atoms with van der Waals surface area (Å²) in [6, 6.07) is 20.1. The van der Waals surface area contributed by atoms with E-state index in [1.165, 1.54) is 29.8 Å². The Labute approximate surface area is 194 Å². The molecule has 1 N–H and O–H groups in total. The number of piperidine rings is 1. The lowest BCUT2D eigenvalue weighted by molar-refractivity contribution is -0.0147. The Hall–Kier alpha value is -2.76. The number of aryl methyl sites for hydroxylation is 1. The maximum Gasteiger partial charge on any atom is 0.123 e. The number of ether oxygens (including phenoxy) is 1. The number of aliphatic hydroxyl groups is 1.